The van der Waals surface area contributed by atoms with E-state index < -0.39 is 5.97 Å². The summed E-state index contributed by atoms with van der Waals surface area (Å²) in [6, 6.07) is 0. The van der Waals surface area contributed by atoms with E-state index in [1.54, 1.807) is 0 Å². The van der Waals surface area contributed by atoms with Gasteiger partial charge < -0.3 is 37.9 Å². The Hall–Kier alpha value is -1.30. The molecule has 0 amide bonds. The van der Waals surface area contributed by atoms with Gasteiger partial charge in [-0.25, -0.2) is 4.79 Å². The van der Waals surface area contributed by atoms with E-state index in [0.717, 1.165) is 25.7 Å². The monoisotopic (exact) mass is 480 g/mol. The summed E-state index contributed by atoms with van der Waals surface area (Å²) < 4.78 is 41.7. The van der Waals surface area contributed by atoms with Crippen molar-refractivity contribution in [1.29, 1.82) is 0 Å². The first-order valence-corrected chi connectivity index (χ1v) is 11.9. The molecule has 1 atom stereocenters. The SMILES string of the molecule is CCCCC(CC)C(=O)OCCOCCOCCOCCOCCOCCOCC(=O)OC. The molecule has 0 bridgehead atoms. The maximum atomic E-state index is 11.9. The zero-order valence-corrected chi connectivity index (χ0v) is 20.7. The van der Waals surface area contributed by atoms with Crippen LogP contribution in [0.1, 0.15) is 39.5 Å². The first-order chi connectivity index (χ1) is 16.2. The second-order valence-corrected chi connectivity index (χ2v) is 7.11. The highest BCUT2D eigenvalue weighted by Gasteiger charge is 2.16. The molecular weight excluding hydrogens is 436 g/mol. The van der Waals surface area contributed by atoms with Crippen molar-refractivity contribution >= 4 is 11.9 Å². The Kier molecular flexibility index (Phi) is 24.3. The average molecular weight is 481 g/mol. The lowest BCUT2D eigenvalue weighted by Crippen LogP contribution is -2.20. The molecule has 0 rings (SSSR count). The van der Waals surface area contributed by atoms with Crippen LogP contribution in [-0.2, 0) is 47.5 Å². The van der Waals surface area contributed by atoms with Gasteiger partial charge in [0.2, 0.25) is 0 Å². The standard InChI is InChI=1S/C23H44O10/c1-4-6-7-21(5-2)23(25)33-19-18-31-15-14-29-11-10-27-8-9-28-12-13-30-16-17-32-20-22(24)26-3/h21H,4-20H2,1-3H3. The van der Waals surface area contributed by atoms with Gasteiger partial charge in [-0.3, -0.25) is 4.79 Å². The highest BCUT2D eigenvalue weighted by Crippen LogP contribution is 2.14. The van der Waals surface area contributed by atoms with E-state index >= 15 is 0 Å². The lowest BCUT2D eigenvalue weighted by molar-refractivity contribution is -0.150. The molecule has 10 nitrogen and oxygen atoms in total. The van der Waals surface area contributed by atoms with Crippen molar-refractivity contribution < 1.29 is 47.5 Å². The Bertz CT molecular complexity index is 447. The van der Waals surface area contributed by atoms with Crippen LogP contribution in [-0.4, -0.2) is 105 Å². The largest absolute Gasteiger partial charge is 0.467 e. The Morgan fingerprint density at radius 1 is 0.636 bits per heavy atom. The van der Waals surface area contributed by atoms with Gasteiger partial charge >= 0.3 is 11.9 Å². The Labute approximate surface area is 198 Å². The summed E-state index contributed by atoms with van der Waals surface area (Å²) in [7, 11) is 1.31. The molecule has 0 spiro atoms. The smallest absolute Gasteiger partial charge is 0.331 e. The van der Waals surface area contributed by atoms with Gasteiger partial charge in [0.05, 0.1) is 85.7 Å². The summed E-state index contributed by atoms with van der Waals surface area (Å²) in [5.74, 6) is -0.534. The lowest BCUT2D eigenvalue weighted by Gasteiger charge is -2.13. The summed E-state index contributed by atoms with van der Waals surface area (Å²) in [5, 5.41) is 0. The molecule has 0 aliphatic heterocycles. The average Bonchev–Trinajstić information content (AvgIpc) is 2.83. The van der Waals surface area contributed by atoms with Crippen LogP contribution in [0.2, 0.25) is 0 Å². The topological polar surface area (TPSA) is 108 Å². The molecule has 10 heteroatoms. The van der Waals surface area contributed by atoms with E-state index in [9.17, 15) is 9.59 Å². The number of ether oxygens (including phenoxy) is 8. The van der Waals surface area contributed by atoms with Crippen molar-refractivity contribution in [1.82, 2.24) is 0 Å². The van der Waals surface area contributed by atoms with Crippen LogP contribution in [0.15, 0.2) is 0 Å². The third kappa shape index (κ3) is 22.3. The van der Waals surface area contributed by atoms with Gasteiger partial charge in [-0.05, 0) is 12.8 Å². The predicted molar refractivity (Wildman–Crippen MR) is 121 cm³/mol. The minimum Gasteiger partial charge on any atom is -0.467 e. The van der Waals surface area contributed by atoms with Gasteiger partial charge in [0.25, 0.3) is 0 Å². The minimum atomic E-state index is -0.408. The van der Waals surface area contributed by atoms with Crippen molar-refractivity contribution in [3.05, 3.63) is 0 Å². The van der Waals surface area contributed by atoms with Crippen molar-refractivity contribution in [2.24, 2.45) is 5.92 Å². The second-order valence-electron chi connectivity index (χ2n) is 7.11. The molecule has 0 N–H and O–H groups in total. The molecule has 1 unspecified atom stereocenters. The summed E-state index contributed by atoms with van der Waals surface area (Å²) >= 11 is 0. The summed E-state index contributed by atoms with van der Waals surface area (Å²) in [5.41, 5.74) is 0. The quantitative estimate of drug-likeness (QED) is 0.142. The fourth-order valence-corrected chi connectivity index (χ4v) is 2.57. The molecule has 0 aromatic carbocycles. The summed E-state index contributed by atoms with van der Waals surface area (Å²) in [4.78, 5) is 22.8. The molecule has 33 heavy (non-hydrogen) atoms. The number of methoxy groups -OCH3 is 1. The van der Waals surface area contributed by atoms with Gasteiger partial charge in [0.1, 0.15) is 13.2 Å². The molecule has 0 fully saturated rings. The van der Waals surface area contributed by atoms with Crippen LogP contribution in [0.3, 0.4) is 0 Å². The molecule has 0 aromatic rings. The molecule has 0 aromatic heterocycles. The first-order valence-electron chi connectivity index (χ1n) is 11.9. The van der Waals surface area contributed by atoms with Crippen LogP contribution in [0.4, 0.5) is 0 Å². The number of rotatable bonds is 25. The van der Waals surface area contributed by atoms with E-state index in [0.29, 0.717) is 72.7 Å². The van der Waals surface area contributed by atoms with Crippen molar-refractivity contribution in [2.45, 2.75) is 39.5 Å². The maximum Gasteiger partial charge on any atom is 0.331 e. The van der Waals surface area contributed by atoms with Crippen molar-refractivity contribution in [3.8, 4) is 0 Å². The number of carbonyl (C=O) groups excluding carboxylic acids is 2. The maximum absolute atomic E-state index is 11.9. The number of hydrogen-bond donors (Lipinski definition) is 0. The molecular formula is C23H44O10. The summed E-state index contributed by atoms with van der Waals surface area (Å²) in [6.07, 6.45) is 3.83. The zero-order valence-electron chi connectivity index (χ0n) is 20.7. The second kappa shape index (κ2) is 25.3. The lowest BCUT2D eigenvalue weighted by atomic mass is 10.00. The molecule has 0 radical (unpaired) electrons. The van der Waals surface area contributed by atoms with Crippen LogP contribution in [0.25, 0.3) is 0 Å². The van der Waals surface area contributed by atoms with Gasteiger partial charge in [-0.2, -0.15) is 0 Å². The zero-order chi connectivity index (χ0) is 24.4. The Morgan fingerprint density at radius 3 is 1.45 bits per heavy atom. The third-order valence-corrected chi connectivity index (χ3v) is 4.51. The third-order valence-electron chi connectivity index (χ3n) is 4.51. The predicted octanol–water partition coefficient (Wildman–Crippen LogP) is 2.02. The van der Waals surface area contributed by atoms with Gasteiger partial charge in [0, 0.05) is 0 Å². The summed E-state index contributed by atoms with van der Waals surface area (Å²) in [6.45, 7) is 9.14. The minimum absolute atomic E-state index is 0.00231. The molecule has 0 heterocycles. The van der Waals surface area contributed by atoms with E-state index in [-0.39, 0.29) is 25.1 Å². The van der Waals surface area contributed by atoms with Crippen LogP contribution in [0.5, 0.6) is 0 Å². The number of hydrogen-bond acceptors (Lipinski definition) is 10. The fourth-order valence-electron chi connectivity index (χ4n) is 2.57. The normalized spacial score (nSPS) is 12.0. The van der Waals surface area contributed by atoms with E-state index in [4.69, 9.17) is 33.2 Å². The van der Waals surface area contributed by atoms with E-state index in [2.05, 4.69) is 11.7 Å². The highest BCUT2D eigenvalue weighted by atomic mass is 16.6. The van der Waals surface area contributed by atoms with Crippen LogP contribution in [0, 0.1) is 5.92 Å². The Balaban J connectivity index is 3.22. The van der Waals surface area contributed by atoms with Crippen molar-refractivity contribution in [2.75, 3.05) is 93.0 Å². The Morgan fingerprint density at radius 2 is 1.06 bits per heavy atom. The van der Waals surface area contributed by atoms with Crippen molar-refractivity contribution in [3.63, 3.8) is 0 Å². The van der Waals surface area contributed by atoms with Gasteiger partial charge in [-0.1, -0.05) is 26.7 Å². The number of esters is 2. The molecule has 196 valence electrons. The van der Waals surface area contributed by atoms with Gasteiger partial charge in [0.15, 0.2) is 0 Å². The molecule has 0 aliphatic rings. The van der Waals surface area contributed by atoms with Crippen LogP contribution >= 0.6 is 0 Å². The van der Waals surface area contributed by atoms with E-state index in [1.165, 1.54) is 7.11 Å². The molecule has 0 saturated carbocycles. The van der Waals surface area contributed by atoms with Gasteiger partial charge in [-0.15, -0.1) is 0 Å². The molecule has 0 saturated heterocycles. The first kappa shape index (κ1) is 31.7. The highest BCUT2D eigenvalue weighted by molar-refractivity contribution is 5.72. The fraction of sp³-hybridized carbons (Fsp3) is 0.913. The molecule has 0 aliphatic carbocycles. The van der Waals surface area contributed by atoms with Crippen LogP contribution < -0.4 is 0 Å². The van der Waals surface area contributed by atoms with E-state index in [1.807, 2.05) is 6.92 Å². The number of carbonyl (C=O) groups is 2. The number of unbranched alkanes of at least 4 members (excludes halogenated alkanes) is 1.